The largest absolute Gasteiger partial charge is 0.339 e. The van der Waals surface area contributed by atoms with E-state index in [0.29, 0.717) is 18.7 Å². The van der Waals surface area contributed by atoms with E-state index in [4.69, 9.17) is 0 Å². The Morgan fingerprint density at radius 2 is 2.05 bits per heavy atom. The Morgan fingerprint density at radius 1 is 1.40 bits per heavy atom. The van der Waals surface area contributed by atoms with Gasteiger partial charge in [0.2, 0.25) is 5.91 Å². The Bertz CT molecular complexity index is 479. The highest BCUT2D eigenvalue weighted by atomic mass is 35.5. The van der Waals surface area contributed by atoms with Gasteiger partial charge in [-0.15, -0.1) is 12.4 Å². The third-order valence-corrected chi connectivity index (χ3v) is 3.74. The number of amides is 1. The van der Waals surface area contributed by atoms with Gasteiger partial charge in [-0.1, -0.05) is 18.2 Å². The first-order valence-electron chi connectivity index (χ1n) is 6.70. The summed E-state index contributed by atoms with van der Waals surface area (Å²) in [7, 11) is 0. The lowest BCUT2D eigenvalue weighted by Gasteiger charge is -2.37. The Morgan fingerprint density at radius 3 is 2.65 bits per heavy atom. The zero-order valence-corrected chi connectivity index (χ0v) is 13.0. The predicted molar refractivity (Wildman–Crippen MR) is 80.7 cm³/mol. The quantitative estimate of drug-likeness (QED) is 0.909. The Labute approximate surface area is 125 Å². The van der Waals surface area contributed by atoms with Gasteiger partial charge >= 0.3 is 0 Å². The zero-order chi connectivity index (χ0) is 14.0. The van der Waals surface area contributed by atoms with Crippen molar-refractivity contribution in [2.24, 2.45) is 0 Å². The molecule has 1 fully saturated rings. The smallest absolute Gasteiger partial charge is 0.232 e. The average Bonchev–Trinajstić information content (AvgIpc) is 2.38. The molecule has 5 heteroatoms. The molecule has 0 saturated carbocycles. The summed E-state index contributed by atoms with van der Waals surface area (Å²) < 4.78 is 13.9. The van der Waals surface area contributed by atoms with Gasteiger partial charge in [0.1, 0.15) is 5.82 Å². The maximum absolute atomic E-state index is 13.9. The molecular weight excluding hydrogens is 279 g/mol. The average molecular weight is 301 g/mol. The molecule has 2 rings (SSSR count). The predicted octanol–water partition coefficient (Wildman–Crippen LogP) is 2.35. The van der Waals surface area contributed by atoms with Crippen molar-refractivity contribution in [2.45, 2.75) is 32.2 Å². The van der Waals surface area contributed by atoms with Crippen LogP contribution in [0.5, 0.6) is 0 Å². The van der Waals surface area contributed by atoms with Crippen molar-refractivity contribution >= 4 is 18.3 Å². The van der Waals surface area contributed by atoms with Crippen molar-refractivity contribution in [1.82, 2.24) is 10.2 Å². The number of carbonyl (C=O) groups is 1. The number of halogens is 2. The third kappa shape index (κ3) is 3.30. The summed E-state index contributed by atoms with van der Waals surface area (Å²) in [5.41, 5.74) is -0.367. The highest BCUT2D eigenvalue weighted by molar-refractivity contribution is 5.87. The van der Waals surface area contributed by atoms with E-state index < -0.39 is 5.41 Å². The molecule has 1 saturated heterocycles. The van der Waals surface area contributed by atoms with Crippen molar-refractivity contribution in [3.63, 3.8) is 0 Å². The molecule has 0 aliphatic carbocycles. The van der Waals surface area contributed by atoms with Crippen LogP contribution in [-0.2, 0) is 10.2 Å². The summed E-state index contributed by atoms with van der Waals surface area (Å²) >= 11 is 0. The zero-order valence-electron chi connectivity index (χ0n) is 12.1. The summed E-state index contributed by atoms with van der Waals surface area (Å²) in [5, 5.41) is 3.30. The van der Waals surface area contributed by atoms with Crippen LogP contribution in [0.1, 0.15) is 26.3 Å². The minimum absolute atomic E-state index is 0. The number of nitrogens with one attached hydrogen (secondary N) is 1. The van der Waals surface area contributed by atoms with Gasteiger partial charge in [-0.25, -0.2) is 4.39 Å². The van der Waals surface area contributed by atoms with E-state index in [-0.39, 0.29) is 30.2 Å². The highest BCUT2D eigenvalue weighted by Crippen LogP contribution is 2.28. The monoisotopic (exact) mass is 300 g/mol. The molecule has 3 nitrogen and oxygen atoms in total. The lowest BCUT2D eigenvalue weighted by Crippen LogP contribution is -2.55. The standard InChI is InChI=1S/C15H21FN2O.ClH/c1-11-10-18(9-8-17-11)14(19)15(2,3)12-6-4-5-7-13(12)16;/h4-7,11,17H,8-10H2,1-3H3;1H. The molecule has 1 unspecified atom stereocenters. The summed E-state index contributed by atoms with van der Waals surface area (Å²) in [4.78, 5) is 14.5. The molecule has 0 radical (unpaired) electrons. The molecule has 20 heavy (non-hydrogen) atoms. The molecule has 1 atom stereocenters. The van der Waals surface area contributed by atoms with Crippen LogP contribution in [0.25, 0.3) is 0 Å². The summed E-state index contributed by atoms with van der Waals surface area (Å²) in [5.74, 6) is -0.324. The maximum Gasteiger partial charge on any atom is 0.232 e. The number of piperazine rings is 1. The van der Waals surface area contributed by atoms with E-state index in [9.17, 15) is 9.18 Å². The second-order valence-electron chi connectivity index (χ2n) is 5.71. The van der Waals surface area contributed by atoms with Crippen LogP contribution in [-0.4, -0.2) is 36.5 Å². The molecule has 1 aliphatic heterocycles. The first-order valence-corrected chi connectivity index (χ1v) is 6.70. The van der Waals surface area contributed by atoms with Gasteiger partial charge < -0.3 is 10.2 Å². The fourth-order valence-electron chi connectivity index (χ4n) is 2.60. The molecule has 1 aliphatic rings. The van der Waals surface area contributed by atoms with Gasteiger partial charge in [-0.2, -0.15) is 0 Å². The fraction of sp³-hybridized carbons (Fsp3) is 0.533. The molecule has 1 amide bonds. The van der Waals surface area contributed by atoms with Crippen LogP contribution >= 0.6 is 12.4 Å². The molecule has 0 aromatic heterocycles. The van der Waals surface area contributed by atoms with E-state index in [1.165, 1.54) is 6.07 Å². The van der Waals surface area contributed by atoms with Crippen molar-refractivity contribution in [3.8, 4) is 0 Å². The number of benzene rings is 1. The van der Waals surface area contributed by atoms with E-state index >= 15 is 0 Å². The normalized spacial score (nSPS) is 19.4. The number of hydrogen-bond donors (Lipinski definition) is 1. The van der Waals surface area contributed by atoms with Crippen molar-refractivity contribution in [1.29, 1.82) is 0 Å². The second kappa shape index (κ2) is 6.55. The Balaban J connectivity index is 0.00000200. The Hall–Kier alpha value is -1.13. The van der Waals surface area contributed by atoms with Crippen molar-refractivity contribution in [2.75, 3.05) is 19.6 Å². The minimum atomic E-state index is -0.831. The molecular formula is C15H22ClFN2O. The number of carbonyl (C=O) groups excluding carboxylic acids is 1. The van der Waals surface area contributed by atoms with Gasteiger partial charge in [0, 0.05) is 31.2 Å². The SMILES string of the molecule is CC1CN(C(=O)C(C)(C)c2ccccc2F)CCN1.Cl. The van der Waals surface area contributed by atoms with Gasteiger partial charge in [0.15, 0.2) is 0 Å². The van der Waals surface area contributed by atoms with Crippen LogP contribution in [0.15, 0.2) is 24.3 Å². The van der Waals surface area contributed by atoms with Gasteiger partial charge in [0.05, 0.1) is 5.41 Å². The molecule has 0 spiro atoms. The molecule has 1 N–H and O–H groups in total. The van der Waals surface area contributed by atoms with E-state index in [1.54, 1.807) is 32.0 Å². The topological polar surface area (TPSA) is 32.3 Å². The maximum atomic E-state index is 13.9. The lowest BCUT2D eigenvalue weighted by molar-refractivity contribution is -0.137. The first-order chi connectivity index (χ1) is 8.93. The van der Waals surface area contributed by atoms with Gasteiger partial charge in [0.25, 0.3) is 0 Å². The van der Waals surface area contributed by atoms with Gasteiger partial charge in [-0.05, 0) is 26.8 Å². The molecule has 1 heterocycles. The van der Waals surface area contributed by atoms with Crippen LogP contribution < -0.4 is 5.32 Å². The fourth-order valence-corrected chi connectivity index (χ4v) is 2.60. The summed E-state index contributed by atoms with van der Waals surface area (Å²) in [6, 6.07) is 6.80. The summed E-state index contributed by atoms with van der Waals surface area (Å²) in [6.07, 6.45) is 0. The summed E-state index contributed by atoms with van der Waals surface area (Å²) in [6.45, 7) is 7.79. The molecule has 0 bridgehead atoms. The number of hydrogen-bond acceptors (Lipinski definition) is 2. The second-order valence-corrected chi connectivity index (χ2v) is 5.71. The van der Waals surface area contributed by atoms with Crippen LogP contribution in [0, 0.1) is 5.82 Å². The van der Waals surface area contributed by atoms with Crippen molar-refractivity contribution in [3.05, 3.63) is 35.6 Å². The minimum Gasteiger partial charge on any atom is -0.339 e. The van der Waals surface area contributed by atoms with Crippen molar-refractivity contribution < 1.29 is 9.18 Å². The van der Waals surface area contributed by atoms with Gasteiger partial charge in [-0.3, -0.25) is 4.79 Å². The highest BCUT2D eigenvalue weighted by Gasteiger charge is 2.36. The van der Waals surface area contributed by atoms with E-state index in [1.807, 2.05) is 4.90 Å². The van der Waals surface area contributed by atoms with Crippen LogP contribution in [0.2, 0.25) is 0 Å². The molecule has 1 aromatic carbocycles. The number of nitrogens with zero attached hydrogens (tertiary/aromatic N) is 1. The van der Waals surface area contributed by atoms with Crippen LogP contribution in [0.4, 0.5) is 4.39 Å². The lowest BCUT2D eigenvalue weighted by atomic mass is 9.82. The Kier molecular flexibility index (Phi) is 5.54. The third-order valence-electron chi connectivity index (χ3n) is 3.74. The first kappa shape index (κ1) is 16.9. The number of rotatable bonds is 2. The molecule has 112 valence electrons. The van der Waals surface area contributed by atoms with Crippen LogP contribution in [0.3, 0.4) is 0 Å². The van der Waals surface area contributed by atoms with E-state index in [0.717, 1.165) is 6.54 Å². The molecule has 1 aromatic rings. The van der Waals surface area contributed by atoms with E-state index in [2.05, 4.69) is 12.2 Å².